The first-order valence-electron chi connectivity index (χ1n) is 32.0. The lowest BCUT2D eigenvalue weighted by Crippen LogP contribution is -2.28. The average Bonchev–Trinajstić information content (AvgIpc) is 3.39. The number of carbonyl (C=O) groups is 2. The monoisotopic (exact) mass is 1020 g/mol. The van der Waals surface area contributed by atoms with E-state index in [0.717, 1.165) is 57.8 Å². The van der Waals surface area contributed by atoms with Crippen LogP contribution < -0.4 is 0 Å². The molecule has 1 unspecified atom stereocenters. The molecule has 0 saturated heterocycles. The van der Waals surface area contributed by atoms with Crippen molar-refractivity contribution in [1.82, 2.24) is 0 Å². The van der Waals surface area contributed by atoms with Crippen LogP contribution >= 0.6 is 0 Å². The van der Waals surface area contributed by atoms with E-state index in [4.69, 9.17) is 9.47 Å². The third kappa shape index (κ3) is 61.8. The van der Waals surface area contributed by atoms with Crippen molar-refractivity contribution in [3.63, 3.8) is 0 Å². The van der Waals surface area contributed by atoms with Crippen molar-refractivity contribution in [3.05, 3.63) is 72.9 Å². The van der Waals surface area contributed by atoms with Crippen LogP contribution in [0.3, 0.4) is 0 Å². The molecular weight excluding hydrogens is 897 g/mol. The maximum Gasteiger partial charge on any atom is 0.306 e. The highest BCUT2D eigenvalue weighted by molar-refractivity contribution is 5.70. The molecule has 1 N–H and O–H groups in total. The van der Waals surface area contributed by atoms with Gasteiger partial charge in [0.25, 0.3) is 0 Å². The Morgan fingerprint density at radius 2 is 0.589 bits per heavy atom. The number of carbonyl (C=O) groups excluding carboxylic acids is 2. The first kappa shape index (κ1) is 70.3. The highest BCUT2D eigenvalue weighted by atomic mass is 16.6. The van der Waals surface area contributed by atoms with Crippen LogP contribution in [0.4, 0.5) is 0 Å². The van der Waals surface area contributed by atoms with Gasteiger partial charge in [-0.15, -0.1) is 0 Å². The Morgan fingerprint density at radius 3 is 0.863 bits per heavy atom. The van der Waals surface area contributed by atoms with Crippen LogP contribution in [0.5, 0.6) is 0 Å². The van der Waals surface area contributed by atoms with Crippen LogP contribution in [0.1, 0.15) is 328 Å². The number of aliphatic hydroxyl groups excluding tert-OH is 1. The molecule has 0 saturated carbocycles. The molecule has 5 heteroatoms. The Kier molecular flexibility index (Phi) is 61.3. The minimum Gasteiger partial charge on any atom is -0.462 e. The highest BCUT2D eigenvalue weighted by Gasteiger charge is 2.16. The van der Waals surface area contributed by atoms with Crippen molar-refractivity contribution in [1.29, 1.82) is 0 Å². The second-order valence-corrected chi connectivity index (χ2v) is 21.5. The SMILES string of the molecule is CC/C=C\C/C=C\C/C=C\C/C=C\C/C=C\C/C=C\CCC(=O)OC(CO)COC(=O)CCCCCCCCCCCCCCCCCCCCCCCCCCCCCCCCCCCCCCCCCC. The van der Waals surface area contributed by atoms with Crippen LogP contribution in [0.25, 0.3) is 0 Å². The van der Waals surface area contributed by atoms with E-state index in [1.165, 1.54) is 238 Å². The van der Waals surface area contributed by atoms with Crippen LogP contribution in [0.2, 0.25) is 0 Å². The van der Waals surface area contributed by atoms with Crippen LogP contribution in [-0.2, 0) is 19.1 Å². The molecule has 0 bridgehead atoms. The van der Waals surface area contributed by atoms with Gasteiger partial charge in [0, 0.05) is 12.8 Å². The Morgan fingerprint density at radius 1 is 0.329 bits per heavy atom. The second kappa shape index (κ2) is 63.6. The summed E-state index contributed by atoms with van der Waals surface area (Å²) in [7, 11) is 0. The van der Waals surface area contributed by atoms with Gasteiger partial charge in [-0.05, 0) is 51.4 Å². The maximum atomic E-state index is 12.2. The molecule has 0 aromatic rings. The molecule has 424 valence electrons. The Hall–Kier alpha value is -2.66. The Labute approximate surface area is 454 Å². The molecule has 0 spiro atoms. The molecule has 1 atom stereocenters. The molecule has 0 fully saturated rings. The molecule has 5 nitrogen and oxygen atoms in total. The summed E-state index contributed by atoms with van der Waals surface area (Å²) in [5.41, 5.74) is 0. The third-order valence-corrected chi connectivity index (χ3v) is 14.3. The van der Waals surface area contributed by atoms with Gasteiger partial charge in [-0.1, -0.05) is 337 Å². The molecule has 0 radical (unpaired) electrons. The van der Waals surface area contributed by atoms with E-state index < -0.39 is 12.1 Å². The molecule has 73 heavy (non-hydrogen) atoms. The number of rotatable bonds is 59. The summed E-state index contributed by atoms with van der Waals surface area (Å²) in [4.78, 5) is 24.5. The largest absolute Gasteiger partial charge is 0.462 e. The van der Waals surface area contributed by atoms with Crippen LogP contribution in [0, 0.1) is 0 Å². The zero-order chi connectivity index (χ0) is 52.7. The lowest BCUT2D eigenvalue weighted by atomic mass is 10.0. The molecule has 0 amide bonds. The van der Waals surface area contributed by atoms with Crippen molar-refractivity contribution < 1.29 is 24.2 Å². The first-order valence-corrected chi connectivity index (χ1v) is 32.0. The van der Waals surface area contributed by atoms with Crippen molar-refractivity contribution in [2.45, 2.75) is 335 Å². The number of hydrogen-bond acceptors (Lipinski definition) is 5. The summed E-state index contributed by atoms with van der Waals surface area (Å²) in [6, 6.07) is 0. The van der Waals surface area contributed by atoms with E-state index in [1.54, 1.807) is 0 Å². The van der Waals surface area contributed by atoms with Gasteiger partial charge in [-0.25, -0.2) is 0 Å². The average molecular weight is 1020 g/mol. The normalized spacial score (nSPS) is 12.6. The Bertz CT molecular complexity index is 1290. The summed E-state index contributed by atoms with van der Waals surface area (Å²) in [6.45, 7) is 4.00. The van der Waals surface area contributed by atoms with E-state index in [0.29, 0.717) is 12.8 Å². The lowest BCUT2D eigenvalue weighted by Gasteiger charge is -2.15. The van der Waals surface area contributed by atoms with Crippen molar-refractivity contribution in [3.8, 4) is 0 Å². The predicted molar refractivity (Wildman–Crippen MR) is 320 cm³/mol. The highest BCUT2D eigenvalue weighted by Crippen LogP contribution is 2.18. The molecule has 0 rings (SSSR count). The number of allylic oxidation sites excluding steroid dienone is 12. The zero-order valence-corrected chi connectivity index (χ0v) is 48.6. The number of aliphatic hydroxyl groups is 1. The van der Waals surface area contributed by atoms with Gasteiger partial charge in [-0.2, -0.15) is 0 Å². The lowest BCUT2D eigenvalue weighted by molar-refractivity contribution is -0.161. The second-order valence-electron chi connectivity index (χ2n) is 21.5. The molecule has 0 heterocycles. The zero-order valence-electron chi connectivity index (χ0n) is 48.6. The van der Waals surface area contributed by atoms with Gasteiger partial charge in [0.05, 0.1) is 6.61 Å². The van der Waals surface area contributed by atoms with Gasteiger partial charge < -0.3 is 14.6 Å². The minimum atomic E-state index is -0.816. The topological polar surface area (TPSA) is 72.8 Å². The van der Waals surface area contributed by atoms with Gasteiger partial charge in [-0.3, -0.25) is 9.59 Å². The van der Waals surface area contributed by atoms with Crippen molar-refractivity contribution >= 4 is 11.9 Å². The molecule has 0 aliphatic carbocycles. The summed E-state index contributed by atoms with van der Waals surface area (Å²) in [5, 5.41) is 9.64. The summed E-state index contributed by atoms with van der Waals surface area (Å²) >= 11 is 0. The quantitative estimate of drug-likeness (QED) is 0.0373. The van der Waals surface area contributed by atoms with E-state index in [1.807, 2.05) is 12.2 Å². The fourth-order valence-corrected chi connectivity index (χ4v) is 9.53. The minimum absolute atomic E-state index is 0.0965. The van der Waals surface area contributed by atoms with E-state index in [-0.39, 0.29) is 25.6 Å². The fraction of sp³-hybridized carbons (Fsp3) is 0.794. The molecule has 0 aromatic carbocycles. The van der Waals surface area contributed by atoms with Crippen molar-refractivity contribution in [2.75, 3.05) is 13.2 Å². The summed E-state index contributed by atoms with van der Waals surface area (Å²) < 4.78 is 10.6. The van der Waals surface area contributed by atoms with E-state index in [2.05, 4.69) is 74.6 Å². The maximum absolute atomic E-state index is 12.2. The number of ether oxygens (including phenoxy) is 2. The molecule has 0 aliphatic rings. The van der Waals surface area contributed by atoms with Gasteiger partial charge in [0.1, 0.15) is 6.61 Å². The van der Waals surface area contributed by atoms with E-state index >= 15 is 0 Å². The van der Waals surface area contributed by atoms with Crippen molar-refractivity contribution in [2.24, 2.45) is 0 Å². The third-order valence-electron chi connectivity index (χ3n) is 14.3. The predicted octanol–water partition coefficient (Wildman–Crippen LogP) is 21.9. The number of hydrogen-bond donors (Lipinski definition) is 1. The molecule has 0 aromatic heterocycles. The Balaban J connectivity index is 3.41. The van der Waals surface area contributed by atoms with Crippen LogP contribution in [0.15, 0.2) is 72.9 Å². The number of unbranched alkanes of at least 4 members (excludes halogenated alkanes) is 39. The smallest absolute Gasteiger partial charge is 0.306 e. The van der Waals surface area contributed by atoms with E-state index in [9.17, 15) is 14.7 Å². The summed E-state index contributed by atoms with van der Waals surface area (Å²) in [6.07, 6.45) is 88.1. The molecular formula is C68H122O5. The van der Waals surface area contributed by atoms with Crippen LogP contribution in [-0.4, -0.2) is 36.4 Å². The standard InChI is InChI=1S/C68H122O5/c1-3-5-7-9-11-13-15-17-19-21-23-24-25-26-27-28-29-30-31-32-33-34-35-36-37-38-39-40-41-42-43-45-46-48-50-52-54-56-58-60-62-67(70)72-65-66(64-69)73-68(71)63-61-59-57-55-53-51-49-47-44-22-20-18-16-14-12-10-8-6-4-2/h6,8,12,14,18,20,44,47,51,53,57,59,66,69H,3-5,7,9-11,13,15-17,19,21-43,45-46,48-50,52,54-56,58,60-65H2,1-2H3/b8-6-,14-12-,20-18-,47-44-,53-51-,59-57-. The first-order chi connectivity index (χ1) is 36.1. The van der Waals surface area contributed by atoms with Gasteiger partial charge in [0.15, 0.2) is 6.10 Å². The summed E-state index contributed by atoms with van der Waals surface area (Å²) in [5.74, 6) is -0.680. The van der Waals surface area contributed by atoms with Gasteiger partial charge in [0.2, 0.25) is 0 Å². The molecule has 0 aliphatic heterocycles. The van der Waals surface area contributed by atoms with Gasteiger partial charge >= 0.3 is 11.9 Å². The number of esters is 2. The fourth-order valence-electron chi connectivity index (χ4n) is 9.53.